The molecule has 200 valence electrons. The molecule has 0 fully saturated rings. The first-order valence-corrected chi connectivity index (χ1v) is 10.7. The smallest absolute Gasteiger partial charge is 0.545 e. The fraction of sp³-hybridized carbons (Fsp3) is 0.276. The van der Waals surface area contributed by atoms with Crippen LogP contribution in [-0.2, 0) is 19.2 Å². The normalized spacial score (nSPS) is 8.22. The van der Waals surface area contributed by atoms with Crippen LogP contribution in [0.4, 0.5) is 0 Å². The van der Waals surface area contributed by atoms with E-state index in [-0.39, 0.29) is 29.7 Å². The van der Waals surface area contributed by atoms with Crippen LogP contribution in [0.15, 0.2) is 99.2 Å². The zero-order chi connectivity index (χ0) is 29.1. The Labute approximate surface area is 221 Å². The molecule has 0 aliphatic heterocycles. The topological polar surface area (TPSA) is 161 Å². The van der Waals surface area contributed by atoms with Gasteiger partial charge in [-0.15, -0.1) is 26.3 Å². The first-order chi connectivity index (χ1) is 16.7. The molecular weight excluding hydrogens is 476 g/mol. The summed E-state index contributed by atoms with van der Waals surface area (Å²) in [7, 11) is 0. The van der Waals surface area contributed by atoms with Crippen molar-refractivity contribution in [2.24, 2.45) is 0 Å². The summed E-state index contributed by atoms with van der Waals surface area (Å²) in [6, 6.07) is 0. The van der Waals surface area contributed by atoms with E-state index in [0.29, 0.717) is 51.4 Å². The molecule has 37 heavy (non-hydrogen) atoms. The van der Waals surface area contributed by atoms with Gasteiger partial charge in [0, 0.05) is 0 Å². The van der Waals surface area contributed by atoms with E-state index in [1.165, 1.54) is 0 Å². The molecule has 0 spiro atoms. The van der Waals surface area contributed by atoms with Crippen LogP contribution in [0.1, 0.15) is 51.4 Å². The maximum atomic E-state index is 9.96. The van der Waals surface area contributed by atoms with Crippen LogP contribution in [0.3, 0.4) is 0 Å². The van der Waals surface area contributed by atoms with Crippen LogP contribution in [0.5, 0.6) is 0 Å². The van der Waals surface area contributed by atoms with Crippen molar-refractivity contribution in [1.29, 1.82) is 0 Å². The van der Waals surface area contributed by atoms with Crippen molar-refractivity contribution in [3.8, 4) is 0 Å². The third-order valence-corrected chi connectivity index (χ3v) is 3.76. The number of carboxylic acid groups (broad SMARTS) is 4. The number of allylic oxidation sites excluding steroid dienone is 4. The first-order valence-electron chi connectivity index (χ1n) is 10.7. The number of carbonyl (C=O) groups excluding carboxylic acids is 4. The molecule has 0 aliphatic carbocycles. The molecule has 0 aromatic carbocycles. The van der Waals surface area contributed by atoms with Crippen LogP contribution in [0.25, 0.3) is 0 Å². The van der Waals surface area contributed by atoms with Crippen molar-refractivity contribution in [2.45, 2.75) is 51.4 Å². The predicted molar refractivity (Wildman–Crippen MR) is 138 cm³/mol. The largest absolute Gasteiger partial charge is 4.00 e. The van der Waals surface area contributed by atoms with E-state index in [4.69, 9.17) is 0 Å². The monoisotopic (exact) mass is 512 g/mol. The molecule has 0 saturated heterocycles. The molecule has 0 aliphatic rings. The number of rotatable bonds is 16. The van der Waals surface area contributed by atoms with Gasteiger partial charge in [0.1, 0.15) is 0 Å². The predicted octanol–water partition coefficient (Wildman–Crippen LogP) is 1.12. The van der Waals surface area contributed by atoms with Crippen molar-refractivity contribution >= 4 is 23.9 Å². The summed E-state index contributed by atoms with van der Waals surface area (Å²) in [4.78, 5) is 39.8. The number of carboxylic acids is 4. The van der Waals surface area contributed by atoms with E-state index in [1.54, 1.807) is 24.3 Å². The Balaban J connectivity index is -0.000000122. The summed E-state index contributed by atoms with van der Waals surface area (Å²) in [5.41, 5.74) is 0.537. The summed E-state index contributed by atoms with van der Waals surface area (Å²) in [6.45, 7) is 26.9. The first kappa shape index (κ1) is 42.9. The van der Waals surface area contributed by atoms with Gasteiger partial charge in [-0.2, -0.15) is 0 Å². The molecule has 0 unspecified atom stereocenters. The third kappa shape index (κ3) is 36.5. The SMILES string of the molecule is C=CCCC(=C)C(=O)[O-].C=CCCC(=C)C(=O)[O-].C=CCCC(=C)C(=O)[O-].C=CCCC(=C)C(=O)[O-].[C+4]. The summed E-state index contributed by atoms with van der Waals surface area (Å²) >= 11 is 0. The quantitative estimate of drug-likeness (QED) is 0.219. The average molecular weight is 513 g/mol. The van der Waals surface area contributed by atoms with E-state index in [2.05, 4.69) is 52.6 Å². The van der Waals surface area contributed by atoms with Gasteiger partial charge in [-0.25, -0.2) is 0 Å². The van der Waals surface area contributed by atoms with Crippen molar-refractivity contribution in [2.75, 3.05) is 0 Å². The summed E-state index contributed by atoms with van der Waals surface area (Å²) in [5.74, 6) is -4.68. The Bertz CT molecular complexity index is 680. The maximum absolute atomic E-state index is 9.96. The zero-order valence-corrected chi connectivity index (χ0v) is 21.4. The molecule has 0 atom stereocenters. The number of carbonyl (C=O) groups is 4. The van der Waals surface area contributed by atoms with Gasteiger partial charge in [-0.05, 0) is 73.7 Å². The Morgan fingerprint density at radius 2 is 0.568 bits per heavy atom. The standard InChI is InChI=1S/4C7H10O2.C/c4*1-3-4-5-6(2)7(8)9;/h4*3H,1-2,4-5H2,(H,8,9);/q;;;;+4/p-4. The van der Waals surface area contributed by atoms with Crippen molar-refractivity contribution < 1.29 is 39.6 Å². The minimum absolute atomic E-state index is 0. The van der Waals surface area contributed by atoms with Crippen LogP contribution in [-0.4, -0.2) is 23.9 Å². The molecule has 0 N–H and O–H groups in total. The van der Waals surface area contributed by atoms with E-state index in [1.807, 2.05) is 0 Å². The maximum Gasteiger partial charge on any atom is 4.00 e. The molecule has 0 saturated carbocycles. The molecule has 0 amide bonds. The second-order valence-corrected chi connectivity index (χ2v) is 6.87. The Morgan fingerprint density at radius 1 is 0.432 bits per heavy atom. The minimum atomic E-state index is -1.17. The molecule has 0 aromatic heterocycles. The van der Waals surface area contributed by atoms with Crippen molar-refractivity contribution in [3.63, 3.8) is 0 Å². The Hall–Kier alpha value is -4.20. The van der Waals surface area contributed by atoms with Crippen LogP contribution in [0, 0.1) is 7.43 Å². The fourth-order valence-electron chi connectivity index (χ4n) is 1.51. The second-order valence-electron chi connectivity index (χ2n) is 6.87. The minimum Gasteiger partial charge on any atom is -0.545 e. The molecule has 0 aromatic rings. The van der Waals surface area contributed by atoms with Gasteiger partial charge in [0.25, 0.3) is 0 Å². The van der Waals surface area contributed by atoms with E-state index < -0.39 is 23.9 Å². The van der Waals surface area contributed by atoms with E-state index in [9.17, 15) is 39.6 Å². The molecule has 0 rings (SSSR count). The average Bonchev–Trinajstić information content (AvgIpc) is 2.83. The Kier molecular flexibility index (Phi) is 34.6. The van der Waals surface area contributed by atoms with Crippen molar-refractivity contribution in [3.05, 3.63) is 107 Å². The van der Waals surface area contributed by atoms with Gasteiger partial charge in [-0.3, -0.25) is 0 Å². The summed E-state index contributed by atoms with van der Waals surface area (Å²) in [6.07, 6.45) is 10.9. The zero-order valence-electron chi connectivity index (χ0n) is 21.4. The van der Waals surface area contributed by atoms with Crippen LogP contribution in [0.2, 0.25) is 0 Å². The molecular formula is C29H36O8. The van der Waals surface area contributed by atoms with Gasteiger partial charge in [0.05, 0.1) is 23.9 Å². The number of hydrogen-bond acceptors (Lipinski definition) is 8. The molecule has 8 nitrogen and oxygen atoms in total. The summed E-state index contributed by atoms with van der Waals surface area (Å²) in [5, 5.41) is 39.8. The molecule has 8 heteroatoms. The van der Waals surface area contributed by atoms with E-state index in [0.717, 1.165) is 0 Å². The molecule has 0 radical (unpaired) electrons. The van der Waals surface area contributed by atoms with Gasteiger partial charge in [0.15, 0.2) is 0 Å². The van der Waals surface area contributed by atoms with E-state index >= 15 is 0 Å². The molecule has 0 heterocycles. The third-order valence-electron chi connectivity index (χ3n) is 3.76. The van der Waals surface area contributed by atoms with Crippen LogP contribution >= 0.6 is 0 Å². The fourth-order valence-corrected chi connectivity index (χ4v) is 1.51. The number of hydrogen-bond donors (Lipinski definition) is 0. The summed E-state index contributed by atoms with van der Waals surface area (Å²) < 4.78 is 0. The van der Waals surface area contributed by atoms with Gasteiger partial charge in [-0.1, -0.05) is 50.6 Å². The molecule has 0 bridgehead atoms. The van der Waals surface area contributed by atoms with Crippen LogP contribution < -0.4 is 20.4 Å². The Morgan fingerprint density at radius 3 is 0.649 bits per heavy atom. The van der Waals surface area contributed by atoms with Gasteiger partial charge >= 0.3 is 7.43 Å². The van der Waals surface area contributed by atoms with Crippen molar-refractivity contribution in [1.82, 2.24) is 0 Å². The second kappa shape index (κ2) is 29.8. The van der Waals surface area contributed by atoms with Gasteiger partial charge < -0.3 is 39.6 Å². The number of aliphatic carboxylic acids is 4. The van der Waals surface area contributed by atoms with Gasteiger partial charge in [0.2, 0.25) is 0 Å².